The second-order valence-electron chi connectivity index (χ2n) is 4.78. The van der Waals surface area contributed by atoms with Gasteiger partial charge in [0.05, 0.1) is 0 Å². The fourth-order valence-electron chi connectivity index (χ4n) is 2.05. The van der Waals surface area contributed by atoms with Crippen LogP contribution in [0.15, 0.2) is 0 Å². The van der Waals surface area contributed by atoms with Gasteiger partial charge < -0.3 is 0 Å². The van der Waals surface area contributed by atoms with E-state index in [0.29, 0.717) is 11.8 Å². The molecule has 1 fully saturated rings. The summed E-state index contributed by atoms with van der Waals surface area (Å²) in [6.45, 7) is 4.33. The van der Waals surface area contributed by atoms with Crippen molar-refractivity contribution in [2.45, 2.75) is 39.2 Å². The zero-order chi connectivity index (χ0) is 11.6. The molecule has 15 heavy (non-hydrogen) atoms. The minimum absolute atomic E-state index is 0.0983. The first kappa shape index (κ1) is 12.9. The third-order valence-corrected chi connectivity index (χ3v) is 5.05. The van der Waals surface area contributed by atoms with Crippen LogP contribution in [-0.4, -0.2) is 32.9 Å². The average Bonchev–Trinajstić information content (AvgIpc) is 2.12. The number of hydrogen-bond acceptors (Lipinski definition) is 2. The molecular weight excluding hydrogens is 212 g/mol. The number of hydrogen-bond donors (Lipinski definition) is 1. The van der Waals surface area contributed by atoms with Gasteiger partial charge in [-0.25, -0.2) is 0 Å². The second-order valence-corrected chi connectivity index (χ2v) is 6.70. The lowest BCUT2D eigenvalue weighted by Gasteiger charge is -2.34. The molecule has 1 aliphatic carbocycles. The molecule has 5 heteroatoms. The van der Waals surface area contributed by atoms with Crippen LogP contribution in [-0.2, 0) is 10.2 Å². The molecule has 1 aliphatic rings. The van der Waals surface area contributed by atoms with E-state index in [9.17, 15) is 8.42 Å². The van der Waals surface area contributed by atoms with E-state index in [4.69, 9.17) is 0 Å². The molecule has 0 bridgehead atoms. The van der Waals surface area contributed by atoms with Crippen LogP contribution in [0.5, 0.6) is 0 Å². The van der Waals surface area contributed by atoms with Gasteiger partial charge in [-0.1, -0.05) is 26.7 Å². The van der Waals surface area contributed by atoms with Gasteiger partial charge in [0.1, 0.15) is 0 Å². The average molecular weight is 234 g/mol. The van der Waals surface area contributed by atoms with Crippen molar-refractivity contribution in [2.75, 3.05) is 14.1 Å². The van der Waals surface area contributed by atoms with E-state index in [-0.39, 0.29) is 6.04 Å². The van der Waals surface area contributed by atoms with Crippen LogP contribution in [0.1, 0.15) is 33.1 Å². The molecule has 1 N–H and O–H groups in total. The summed E-state index contributed by atoms with van der Waals surface area (Å²) in [6, 6.07) is 0.0983. The minimum Gasteiger partial charge on any atom is -0.199 e. The molecule has 4 nitrogen and oxygen atoms in total. The van der Waals surface area contributed by atoms with Crippen molar-refractivity contribution < 1.29 is 8.42 Å². The van der Waals surface area contributed by atoms with Gasteiger partial charge in [-0.2, -0.15) is 17.4 Å². The van der Waals surface area contributed by atoms with Crippen LogP contribution >= 0.6 is 0 Å². The second kappa shape index (κ2) is 4.80. The molecule has 0 aliphatic heterocycles. The van der Waals surface area contributed by atoms with Crippen LogP contribution < -0.4 is 4.72 Å². The highest BCUT2D eigenvalue weighted by atomic mass is 32.2. The van der Waals surface area contributed by atoms with Crippen LogP contribution in [0.3, 0.4) is 0 Å². The Labute approximate surface area is 93.2 Å². The molecule has 90 valence electrons. The Balaban J connectivity index is 2.65. The van der Waals surface area contributed by atoms with Crippen molar-refractivity contribution in [1.82, 2.24) is 9.03 Å². The van der Waals surface area contributed by atoms with Gasteiger partial charge in [-0.15, -0.1) is 0 Å². The first-order valence-corrected chi connectivity index (χ1v) is 6.98. The largest absolute Gasteiger partial charge is 0.279 e. The van der Waals surface area contributed by atoms with Crippen molar-refractivity contribution in [3.63, 3.8) is 0 Å². The zero-order valence-corrected chi connectivity index (χ0v) is 10.8. The van der Waals surface area contributed by atoms with E-state index in [1.807, 2.05) is 0 Å². The Bertz CT molecular complexity index is 301. The minimum atomic E-state index is -3.27. The van der Waals surface area contributed by atoms with E-state index < -0.39 is 10.2 Å². The van der Waals surface area contributed by atoms with Gasteiger partial charge in [0.2, 0.25) is 0 Å². The maximum atomic E-state index is 11.7. The fourth-order valence-corrected chi connectivity index (χ4v) is 2.97. The summed E-state index contributed by atoms with van der Waals surface area (Å²) >= 11 is 0. The molecule has 1 rings (SSSR count). The van der Waals surface area contributed by atoms with Gasteiger partial charge in [-0.05, 0) is 18.3 Å². The highest BCUT2D eigenvalue weighted by molar-refractivity contribution is 7.87. The maximum Gasteiger partial charge on any atom is 0.279 e. The Morgan fingerprint density at radius 3 is 2.33 bits per heavy atom. The van der Waals surface area contributed by atoms with E-state index in [1.165, 1.54) is 10.7 Å². The highest BCUT2D eigenvalue weighted by Crippen LogP contribution is 2.29. The third-order valence-electron chi connectivity index (χ3n) is 3.49. The molecule has 0 aromatic heterocycles. The molecule has 1 saturated carbocycles. The van der Waals surface area contributed by atoms with Crippen molar-refractivity contribution in [3.8, 4) is 0 Å². The lowest BCUT2D eigenvalue weighted by atomic mass is 9.78. The number of rotatable bonds is 3. The first-order chi connectivity index (χ1) is 6.84. The first-order valence-electron chi connectivity index (χ1n) is 5.54. The van der Waals surface area contributed by atoms with Crippen molar-refractivity contribution in [2.24, 2.45) is 11.8 Å². The number of nitrogens with zero attached hydrogens (tertiary/aromatic N) is 1. The molecule has 0 heterocycles. The summed E-state index contributed by atoms with van der Waals surface area (Å²) in [6.07, 6.45) is 3.28. The standard InChI is InChI=1S/C10H22N2O2S/c1-8-6-5-7-10(9(8)2)11-15(13,14)12(3)4/h8-11H,5-7H2,1-4H3. The van der Waals surface area contributed by atoms with Gasteiger partial charge in [0, 0.05) is 20.1 Å². The molecule has 0 spiro atoms. The highest BCUT2D eigenvalue weighted by Gasteiger charge is 2.30. The topological polar surface area (TPSA) is 49.4 Å². The molecule has 0 aromatic rings. The molecule has 3 unspecified atom stereocenters. The van der Waals surface area contributed by atoms with Gasteiger partial charge >= 0.3 is 0 Å². The molecule has 0 saturated heterocycles. The van der Waals surface area contributed by atoms with Crippen LogP contribution in [0, 0.1) is 11.8 Å². The van der Waals surface area contributed by atoms with E-state index in [1.54, 1.807) is 14.1 Å². The van der Waals surface area contributed by atoms with Crippen molar-refractivity contribution in [1.29, 1.82) is 0 Å². The van der Waals surface area contributed by atoms with Crippen LogP contribution in [0.25, 0.3) is 0 Å². The van der Waals surface area contributed by atoms with Gasteiger partial charge in [0.15, 0.2) is 0 Å². The van der Waals surface area contributed by atoms with Crippen LogP contribution in [0.2, 0.25) is 0 Å². The Morgan fingerprint density at radius 1 is 1.20 bits per heavy atom. The van der Waals surface area contributed by atoms with E-state index >= 15 is 0 Å². The summed E-state index contributed by atoms with van der Waals surface area (Å²) < 4.78 is 27.3. The quantitative estimate of drug-likeness (QED) is 0.798. The Kier molecular flexibility index (Phi) is 4.14. The van der Waals surface area contributed by atoms with E-state index in [0.717, 1.165) is 12.8 Å². The zero-order valence-electron chi connectivity index (χ0n) is 10.0. The molecule has 0 radical (unpaired) electrons. The van der Waals surface area contributed by atoms with Crippen LogP contribution in [0.4, 0.5) is 0 Å². The smallest absolute Gasteiger partial charge is 0.199 e. The maximum absolute atomic E-state index is 11.7. The lowest BCUT2D eigenvalue weighted by molar-refractivity contribution is 0.225. The van der Waals surface area contributed by atoms with Crippen molar-refractivity contribution >= 4 is 10.2 Å². The third kappa shape index (κ3) is 3.16. The lowest BCUT2D eigenvalue weighted by Crippen LogP contribution is -2.47. The normalized spacial score (nSPS) is 33.3. The molecular formula is C10H22N2O2S. The summed E-state index contributed by atoms with van der Waals surface area (Å²) in [5.74, 6) is 1.03. The Morgan fingerprint density at radius 2 is 1.80 bits per heavy atom. The van der Waals surface area contributed by atoms with Crippen molar-refractivity contribution in [3.05, 3.63) is 0 Å². The SMILES string of the molecule is CC1CCCC(NS(=O)(=O)N(C)C)C1C. The molecule has 0 amide bonds. The van der Waals surface area contributed by atoms with Gasteiger partial charge in [-0.3, -0.25) is 0 Å². The monoisotopic (exact) mass is 234 g/mol. The van der Waals surface area contributed by atoms with E-state index in [2.05, 4.69) is 18.6 Å². The summed E-state index contributed by atoms with van der Waals surface area (Å²) in [4.78, 5) is 0. The molecule has 0 aromatic carbocycles. The summed E-state index contributed by atoms with van der Waals surface area (Å²) in [5, 5.41) is 0. The van der Waals surface area contributed by atoms with Gasteiger partial charge in [0.25, 0.3) is 10.2 Å². The summed E-state index contributed by atoms with van der Waals surface area (Å²) in [5.41, 5.74) is 0. The Hall–Kier alpha value is -0.130. The fraction of sp³-hybridized carbons (Fsp3) is 1.00. The predicted octanol–water partition coefficient (Wildman–Crippen LogP) is 1.21. The summed E-state index contributed by atoms with van der Waals surface area (Å²) in [7, 11) is -0.161. The number of nitrogens with one attached hydrogen (secondary N) is 1. The predicted molar refractivity (Wildman–Crippen MR) is 61.7 cm³/mol. The molecule has 3 atom stereocenters.